The standard InChI is InChI=1S/C24H29Si.3ClH.Ti/c1-17-12-11-15-23(20(17)4)25(7,22-13-9-8-10-14-22)24(6)16-18(2)19(3)21(24)5;;;;/h8-15H,1-7H3;3*1H;/q-1;;;;+4/p-3. The van der Waals surface area contributed by atoms with Gasteiger partial charge in [-0.05, 0) is 25.0 Å². The van der Waals surface area contributed by atoms with Crippen LogP contribution in [0.3, 0.4) is 0 Å². The van der Waals surface area contributed by atoms with Crippen molar-refractivity contribution in [3.05, 3.63) is 82.5 Å². The van der Waals surface area contributed by atoms with E-state index in [0.29, 0.717) is 0 Å². The topological polar surface area (TPSA) is 0 Å². The van der Waals surface area contributed by atoms with Crippen LogP contribution in [0.25, 0.3) is 0 Å². The zero-order valence-corrected chi connectivity index (χ0v) is 23.1. The first-order valence-electron chi connectivity index (χ1n) is 9.15. The molecule has 2 unspecified atom stereocenters. The minimum absolute atomic E-state index is 0. The summed E-state index contributed by atoms with van der Waals surface area (Å²) in [7, 11) is -2.11. The van der Waals surface area contributed by atoms with Gasteiger partial charge in [0.15, 0.2) is 0 Å². The summed E-state index contributed by atoms with van der Waals surface area (Å²) < 4.78 is 0. The van der Waals surface area contributed by atoms with Crippen LogP contribution in [0.15, 0.2) is 65.3 Å². The molecule has 2 atom stereocenters. The summed E-state index contributed by atoms with van der Waals surface area (Å²) in [4.78, 5) is 0. The van der Waals surface area contributed by atoms with Gasteiger partial charge in [-0.3, -0.25) is 6.08 Å². The molecule has 0 N–H and O–H groups in total. The molecular weight excluding hydrogens is 471 g/mol. The smallest absolute Gasteiger partial charge is 1.00 e. The second-order valence-electron chi connectivity index (χ2n) is 7.86. The van der Waals surface area contributed by atoms with E-state index in [4.69, 9.17) is 0 Å². The predicted molar refractivity (Wildman–Crippen MR) is 112 cm³/mol. The molecule has 0 bridgehead atoms. The normalized spacial score (nSPS) is 19.6. The summed E-state index contributed by atoms with van der Waals surface area (Å²) >= 11 is 0. The zero-order valence-electron chi connectivity index (χ0n) is 18.3. The Hall–Kier alpha value is -0.279. The second kappa shape index (κ2) is 11.4. The molecule has 5 heteroatoms. The van der Waals surface area contributed by atoms with E-state index in [0.717, 1.165) is 0 Å². The Morgan fingerprint density at radius 3 is 1.83 bits per heavy atom. The summed E-state index contributed by atoms with van der Waals surface area (Å²) in [6, 6.07) is 18.0. The Bertz CT molecular complexity index is 892. The van der Waals surface area contributed by atoms with Crippen molar-refractivity contribution in [1.82, 2.24) is 0 Å². The van der Waals surface area contributed by atoms with E-state index in [9.17, 15) is 0 Å². The predicted octanol–water partition coefficient (Wildman–Crippen LogP) is -3.63. The van der Waals surface area contributed by atoms with Crippen molar-refractivity contribution in [3.8, 4) is 0 Å². The Kier molecular flexibility index (Phi) is 12.1. The summed E-state index contributed by atoms with van der Waals surface area (Å²) in [6.07, 6.45) is 3.92. The number of halogens is 3. The molecule has 3 rings (SSSR count). The first kappa shape index (κ1) is 30.9. The molecule has 0 spiro atoms. The minimum atomic E-state index is -2.11. The van der Waals surface area contributed by atoms with Crippen molar-refractivity contribution in [2.75, 3.05) is 0 Å². The van der Waals surface area contributed by atoms with E-state index in [1.807, 2.05) is 0 Å². The molecule has 0 fully saturated rings. The maximum Gasteiger partial charge on any atom is 4.00 e. The van der Waals surface area contributed by atoms with Gasteiger partial charge < -0.3 is 37.2 Å². The van der Waals surface area contributed by atoms with Crippen molar-refractivity contribution in [2.45, 2.75) is 53.1 Å². The number of hydrogen-bond donors (Lipinski definition) is 0. The van der Waals surface area contributed by atoms with Crippen LogP contribution in [0.2, 0.25) is 11.6 Å². The van der Waals surface area contributed by atoms with E-state index >= 15 is 0 Å². The van der Waals surface area contributed by atoms with Gasteiger partial charge in [-0.15, -0.1) is 6.92 Å². The van der Waals surface area contributed by atoms with Gasteiger partial charge in [-0.1, -0.05) is 91.3 Å². The number of aryl methyl sites for hydroxylation is 1. The third-order valence-electron chi connectivity index (χ3n) is 6.81. The van der Waals surface area contributed by atoms with Crippen LogP contribution in [0.5, 0.6) is 0 Å². The summed E-state index contributed by atoms with van der Waals surface area (Å²) in [5.41, 5.74) is 7.05. The maximum atomic E-state index is 3.92. The van der Waals surface area contributed by atoms with Crippen molar-refractivity contribution in [1.29, 1.82) is 0 Å². The molecule has 0 radical (unpaired) electrons. The summed E-state index contributed by atoms with van der Waals surface area (Å²) in [6.45, 7) is 16.3. The largest absolute Gasteiger partial charge is 4.00 e. The molecule has 29 heavy (non-hydrogen) atoms. The molecule has 2 aromatic carbocycles. The number of hydrogen-bond acceptors (Lipinski definition) is 0. The molecule has 0 nitrogen and oxygen atoms in total. The SMILES string of the molecule is CC1=[C-]C(C)([Si](C)(c2ccccc2)c2cccc(C)c2C)C(C)=C1C.[Cl-].[Cl-].[Cl-].[Ti+4]. The Morgan fingerprint density at radius 1 is 0.793 bits per heavy atom. The molecule has 0 saturated carbocycles. The Morgan fingerprint density at radius 2 is 1.34 bits per heavy atom. The molecular formula is C24H29Cl3SiTi. The second-order valence-corrected chi connectivity index (χ2v) is 12.2. The van der Waals surface area contributed by atoms with Crippen LogP contribution < -0.4 is 47.6 Å². The van der Waals surface area contributed by atoms with Crippen LogP contribution >= 0.6 is 0 Å². The molecule has 0 aliphatic heterocycles. The first-order chi connectivity index (χ1) is 11.7. The maximum absolute atomic E-state index is 3.92. The van der Waals surface area contributed by atoms with Gasteiger partial charge >= 0.3 is 21.7 Å². The number of rotatable bonds is 3. The van der Waals surface area contributed by atoms with E-state index in [2.05, 4.69) is 103 Å². The van der Waals surface area contributed by atoms with Crippen molar-refractivity contribution >= 4 is 18.4 Å². The molecule has 0 amide bonds. The van der Waals surface area contributed by atoms with E-state index in [1.165, 1.54) is 38.2 Å². The summed E-state index contributed by atoms with van der Waals surface area (Å²) in [5, 5.41) is 3.00. The van der Waals surface area contributed by atoms with Crippen LogP contribution in [0.4, 0.5) is 0 Å². The van der Waals surface area contributed by atoms with Crippen molar-refractivity contribution < 1.29 is 58.9 Å². The average molecular weight is 500 g/mol. The van der Waals surface area contributed by atoms with Gasteiger partial charge in [0.1, 0.15) is 8.07 Å². The minimum Gasteiger partial charge on any atom is -1.00 e. The molecule has 1 aliphatic rings. The van der Waals surface area contributed by atoms with Crippen LogP contribution in [-0.2, 0) is 21.7 Å². The fourth-order valence-electron chi connectivity index (χ4n) is 4.50. The molecule has 0 aromatic heterocycles. The Balaban J connectivity index is 0. The van der Waals surface area contributed by atoms with Gasteiger partial charge in [0, 0.05) is 0 Å². The molecule has 0 saturated heterocycles. The quantitative estimate of drug-likeness (QED) is 0.302. The third kappa shape index (κ3) is 4.81. The molecule has 1 aliphatic carbocycles. The van der Waals surface area contributed by atoms with Gasteiger partial charge in [-0.2, -0.15) is 11.1 Å². The van der Waals surface area contributed by atoms with Gasteiger partial charge in [0.25, 0.3) is 0 Å². The van der Waals surface area contributed by atoms with E-state index < -0.39 is 8.07 Å². The fourth-order valence-corrected chi connectivity index (χ4v) is 9.53. The van der Waals surface area contributed by atoms with E-state index in [1.54, 1.807) is 0 Å². The molecule has 2 aromatic rings. The van der Waals surface area contributed by atoms with Gasteiger partial charge in [0.2, 0.25) is 0 Å². The van der Waals surface area contributed by atoms with Gasteiger partial charge in [-0.25, -0.2) is 5.57 Å². The molecule has 0 heterocycles. The van der Waals surface area contributed by atoms with Crippen molar-refractivity contribution in [2.24, 2.45) is 0 Å². The van der Waals surface area contributed by atoms with Crippen LogP contribution in [-0.4, -0.2) is 8.07 Å². The first-order valence-corrected chi connectivity index (χ1v) is 11.7. The summed E-state index contributed by atoms with van der Waals surface area (Å²) in [5.74, 6) is 0. The van der Waals surface area contributed by atoms with Crippen molar-refractivity contribution in [3.63, 3.8) is 0 Å². The van der Waals surface area contributed by atoms with Crippen LogP contribution in [0.1, 0.15) is 38.8 Å². The fraction of sp³-hybridized carbons (Fsp3) is 0.333. The number of benzene rings is 2. The number of allylic oxidation sites excluding steroid dienone is 4. The van der Waals surface area contributed by atoms with Gasteiger partial charge in [0.05, 0.1) is 0 Å². The van der Waals surface area contributed by atoms with Crippen LogP contribution in [0, 0.1) is 19.9 Å². The zero-order chi connectivity index (χ0) is 18.4. The molecule has 154 valence electrons. The average Bonchev–Trinajstić information content (AvgIpc) is 2.81. The monoisotopic (exact) mass is 498 g/mol. The Labute approximate surface area is 211 Å². The van der Waals surface area contributed by atoms with E-state index in [-0.39, 0.29) is 64.0 Å². The third-order valence-corrected chi connectivity index (χ3v) is 12.4.